The number of piperidine rings is 2. The number of hydrogen-bond donors (Lipinski definition) is 11. The Morgan fingerprint density at radius 3 is 1.12 bits per heavy atom. The molecule has 16 heterocycles. The molecule has 0 bridgehead atoms. The van der Waals surface area contributed by atoms with Crippen molar-refractivity contribution in [3.05, 3.63) is 185 Å². The summed E-state index contributed by atoms with van der Waals surface area (Å²) in [5.41, 5.74) is 11.3. The third-order valence-corrected chi connectivity index (χ3v) is 36.2. The van der Waals surface area contributed by atoms with Crippen molar-refractivity contribution in [2.75, 3.05) is 146 Å². The molecule has 33 nitrogen and oxygen atoms in total. The van der Waals surface area contributed by atoms with Crippen LogP contribution in [0.25, 0.3) is 40.9 Å². The van der Waals surface area contributed by atoms with Gasteiger partial charge in [0.05, 0.1) is 53.1 Å². The number of pyridine rings is 1. The number of nitrogens with zero attached hydrogens (tertiary/aromatic N) is 17. The zero-order valence-electron chi connectivity index (χ0n) is 81.1. The number of anilines is 8. The van der Waals surface area contributed by atoms with Crippen LogP contribution in [0.3, 0.4) is 0 Å². The Kier molecular flexibility index (Phi) is 30.8. The zero-order chi connectivity index (χ0) is 98.2. The van der Waals surface area contributed by atoms with Gasteiger partial charge in [0, 0.05) is 228 Å². The molecule has 144 heavy (non-hydrogen) atoms. The molecule has 8 fully saturated rings. The predicted molar refractivity (Wildman–Crippen MR) is 582 cm³/mol. The van der Waals surface area contributed by atoms with Gasteiger partial charge in [-0.2, -0.15) is 0 Å². The van der Waals surface area contributed by atoms with E-state index < -0.39 is 0 Å². The van der Waals surface area contributed by atoms with Gasteiger partial charge in [0.2, 0.25) is 29.7 Å². The van der Waals surface area contributed by atoms with Crippen LogP contribution in [0.4, 0.5) is 44.3 Å². The van der Waals surface area contributed by atoms with Crippen molar-refractivity contribution in [1.29, 1.82) is 0 Å². The summed E-state index contributed by atoms with van der Waals surface area (Å²) < 4.78 is 4.14. The number of carbonyl (C=O) groups is 5. The van der Waals surface area contributed by atoms with E-state index in [0.29, 0.717) is 128 Å². The first-order chi connectivity index (χ1) is 70.4. The fourth-order valence-corrected chi connectivity index (χ4v) is 27.1. The highest BCUT2D eigenvalue weighted by molar-refractivity contribution is 7.99. The molecule has 11 aliphatic rings. The van der Waals surface area contributed by atoms with Gasteiger partial charge >= 0.3 is 0 Å². The molecule has 2 unspecified atom stereocenters. The molecule has 4 aromatic carbocycles. The Bertz CT molecular complexity index is 6800. The largest absolute Gasteiger partial charge is 0.359 e. The van der Waals surface area contributed by atoms with Crippen LogP contribution >= 0.6 is 92.4 Å². The summed E-state index contributed by atoms with van der Waals surface area (Å²) >= 11 is 13.0. The number of aromatic nitrogens is 13. The fourth-order valence-electron chi connectivity index (χ4n) is 21.9. The molecule has 4 aliphatic carbocycles. The van der Waals surface area contributed by atoms with Crippen LogP contribution in [0.5, 0.6) is 0 Å². The summed E-state index contributed by atoms with van der Waals surface area (Å²) in [6.45, 7) is 10.6. The minimum absolute atomic E-state index is 0.00296. The maximum atomic E-state index is 13.4. The second kappa shape index (κ2) is 45.0. The van der Waals surface area contributed by atoms with Gasteiger partial charge in [-0.05, 0) is 257 Å². The van der Waals surface area contributed by atoms with Gasteiger partial charge in [-0.15, -0.1) is 47.0 Å². The van der Waals surface area contributed by atoms with E-state index in [1.165, 1.54) is 31.2 Å². The quantitative estimate of drug-likeness (QED) is 0.0250. The number of thiazole rings is 4. The summed E-state index contributed by atoms with van der Waals surface area (Å²) in [4.78, 5) is 136. The number of thioether (sulfide) groups is 4. The molecule has 11 N–H and O–H groups in total. The van der Waals surface area contributed by atoms with Crippen LogP contribution in [0.2, 0.25) is 0 Å². The van der Waals surface area contributed by atoms with Crippen molar-refractivity contribution in [2.24, 2.45) is 10.8 Å². The second-order valence-electron chi connectivity index (χ2n) is 39.4. The van der Waals surface area contributed by atoms with Gasteiger partial charge in [0.15, 0.2) is 20.5 Å². The number of carbonyl (C=O) groups excluding carboxylic acids is 5. The van der Waals surface area contributed by atoms with Crippen molar-refractivity contribution in [2.45, 2.75) is 203 Å². The van der Waals surface area contributed by atoms with Crippen LogP contribution in [0.1, 0.15) is 175 Å². The molecule has 4 saturated heterocycles. The van der Waals surface area contributed by atoms with E-state index in [-0.39, 0.29) is 35.0 Å². The average molecular weight is 2090 g/mol. The molecule has 7 aliphatic heterocycles. The zero-order valence-corrected chi connectivity index (χ0v) is 87.7. The third-order valence-electron chi connectivity index (χ3n) is 29.7. The first-order valence-electron chi connectivity index (χ1n) is 50.1. The van der Waals surface area contributed by atoms with Crippen molar-refractivity contribution in [1.82, 2.24) is 100 Å². The summed E-state index contributed by atoms with van der Waals surface area (Å²) in [6, 6.07) is 30.3. The molecule has 2 spiro atoms. The predicted octanol–water partition coefficient (Wildman–Crippen LogP) is 17.3. The van der Waals surface area contributed by atoms with Crippen molar-refractivity contribution < 1.29 is 24.0 Å². The fraction of sp³-hybridized carbons (Fsp3) is 0.456. The van der Waals surface area contributed by atoms with Gasteiger partial charge < -0.3 is 78.1 Å². The summed E-state index contributed by atoms with van der Waals surface area (Å²) in [5, 5.41) is 41.8. The lowest BCUT2D eigenvalue weighted by Gasteiger charge is -2.45. The second-order valence-corrected chi connectivity index (χ2v) is 47.1. The van der Waals surface area contributed by atoms with E-state index in [9.17, 15) is 24.0 Å². The Morgan fingerprint density at radius 1 is 0.382 bits per heavy atom. The van der Waals surface area contributed by atoms with Crippen molar-refractivity contribution in [3.63, 3.8) is 0 Å². The van der Waals surface area contributed by atoms with Gasteiger partial charge in [-0.3, -0.25) is 29.0 Å². The molecular weight excluding hydrogens is 1970 g/mol. The Labute approximate surface area is 869 Å². The lowest BCUT2D eigenvalue weighted by Crippen LogP contribution is -2.52. The van der Waals surface area contributed by atoms with E-state index in [2.05, 4.69) is 114 Å². The highest BCUT2D eigenvalue weighted by Gasteiger charge is 2.44. The highest BCUT2D eigenvalue weighted by Crippen LogP contribution is 2.43. The molecule has 5 amide bonds. The van der Waals surface area contributed by atoms with Crippen LogP contribution in [-0.4, -0.2) is 266 Å². The molecule has 24 rings (SSSR count). The third kappa shape index (κ3) is 23.7. The highest BCUT2D eigenvalue weighted by atomic mass is 32.2. The number of amides is 5. The smallest absolute Gasteiger partial charge is 0.254 e. The Morgan fingerprint density at radius 2 is 0.736 bits per heavy atom. The summed E-state index contributed by atoms with van der Waals surface area (Å²) in [6.07, 6.45) is 45.7. The van der Waals surface area contributed by atoms with Crippen LogP contribution in [0, 0.1) is 10.8 Å². The minimum Gasteiger partial charge on any atom is -0.359 e. The maximum absolute atomic E-state index is 13.4. The van der Waals surface area contributed by atoms with Gasteiger partial charge in [-0.1, -0.05) is 51.4 Å². The van der Waals surface area contributed by atoms with Gasteiger partial charge in [0.1, 0.15) is 0 Å². The number of rotatable bonds is 24. The number of nitrogens with one attached hydrogen (secondary N) is 11. The van der Waals surface area contributed by atoms with Crippen molar-refractivity contribution >= 4 is 207 Å². The summed E-state index contributed by atoms with van der Waals surface area (Å²) in [7, 11) is 0. The Hall–Kier alpha value is -11.3. The van der Waals surface area contributed by atoms with Gasteiger partial charge in [0.25, 0.3) is 23.6 Å². The number of benzene rings is 4. The molecule has 750 valence electrons. The molecule has 10 atom stereocenters. The van der Waals surface area contributed by atoms with E-state index in [0.717, 1.165) is 258 Å². The molecule has 41 heteroatoms. The van der Waals surface area contributed by atoms with Gasteiger partial charge in [-0.25, -0.2) is 59.8 Å². The van der Waals surface area contributed by atoms with Crippen molar-refractivity contribution in [3.8, 4) is 0 Å². The van der Waals surface area contributed by atoms with E-state index in [1.807, 2.05) is 168 Å². The molecule has 4 saturated carbocycles. The monoisotopic (exact) mass is 2080 g/mol. The summed E-state index contributed by atoms with van der Waals surface area (Å²) in [5.74, 6) is 3.13. The van der Waals surface area contributed by atoms with Crippen LogP contribution < -0.4 is 58.5 Å². The van der Waals surface area contributed by atoms with Crippen LogP contribution in [0.15, 0.2) is 171 Å². The number of fused-ring (bicyclic) bond motifs is 5. The first-order valence-corrected chi connectivity index (χ1v) is 58.2. The van der Waals surface area contributed by atoms with E-state index in [1.54, 1.807) is 98.6 Å². The molecule has 13 aromatic rings. The topological polar surface area (TPSA) is 398 Å². The molecule has 0 radical (unpaired) electrons. The standard InChI is InChI=1S/C27H35N7OS2.C26H27N7OS2.C25H27N7O2S2.C25H31N7OS2/c1-36-21-14-29-25(30-15-21)31-19-5-6-20(13-19)32-26-33-22-7-4-18(12-23(22)37-26)24(35)34-11-3-9-27(17-34)8-2-10-28-16-27;1-35-20-13-28-25(29-14-20)30-18-5-6-19(12-18)31-26-32-21-7-4-17(11-23(21)36-26)24(34)33-10-8-16-3-2-9-27-22(16)15-33;1-35-18-11-27-24(28-12-18)29-16-3-4-17(9-16)30-25-31-20-5-2-14(8-21(20)36-25)23(34)32-7-6-19-15(13-32)10-26-22(19)33;1-34-19-12-27-23(28-13-19)29-17-3-4-18(11-17)30-24-31-20-5-2-16(10-21(20)35-24)22(33)32-9-7-25(15-32)6-8-26-14-25/h4,7,12,14-15,19-20,28H,2-3,5-6,8-11,13,16-17H2,1H3,(H,32,33)(H,29,30,31);2-4,7,9,11,13-14,18-19H,5-6,8,10,12,15H2,1H3,(H,31,32)(H,28,29,30);2,5,8,11-12,16-17H,3-4,6-7,9-10,13H2,1H3,(H,26,33)(H,30,31)(H,27,28,29);2,5,10,12-13,17-18,26H,3-4,6-9,11,14-15H2,1H3,(H,30,31)(H,27,28,29)/t19-,20-,27?;18-,19-;16-,17-;17-,18-,25?/m0000/s1. The first kappa shape index (κ1) is 98.7. The lowest BCUT2D eigenvalue weighted by atomic mass is 9.74. The van der Waals surface area contributed by atoms with E-state index in [4.69, 9.17) is 19.9 Å². The lowest BCUT2D eigenvalue weighted by molar-refractivity contribution is -0.116. The SMILES string of the molecule is CSc1cnc(N[C@H]2CC[C@H](Nc3nc4ccc(C(=O)N5CCC6(CCNC6)C5)cc4s3)C2)nc1.CSc1cnc(N[C@H]2CC[C@H](Nc3nc4ccc(C(=O)N5CCC6=C(CNC6=O)C5)cc4s3)C2)nc1.CSc1cnc(N[C@H]2CC[C@H](Nc3nc4ccc(C(=O)N5CCCC6(CCCNC6)C5)cc4s3)C2)nc1.CSc1cnc(N[C@H]2CC[C@H](Nc3nc4ccc(C(=O)N5CCc6cccnc6C5)cc4s3)C2)nc1. The average Bonchev–Trinajstić information content (AvgIpc) is 1.26. The maximum Gasteiger partial charge on any atom is 0.254 e. The Balaban J connectivity index is 0.000000113. The number of hydrogen-bond acceptors (Lipinski definition) is 36. The molecular formula is C103H120N28O5S8. The minimum atomic E-state index is 0.00296. The van der Waals surface area contributed by atoms with Crippen LogP contribution in [-0.2, 0) is 17.8 Å². The number of likely N-dealkylation sites (tertiary alicyclic amines) is 2. The van der Waals surface area contributed by atoms with E-state index >= 15 is 0 Å². The normalized spacial score (nSPS) is 23.3. The molecule has 9 aromatic heterocycles.